The molecule has 3 N–H and O–H groups in total. The van der Waals surface area contributed by atoms with Crippen molar-refractivity contribution in [1.29, 1.82) is 0 Å². The van der Waals surface area contributed by atoms with Crippen LogP contribution in [0.3, 0.4) is 0 Å². The van der Waals surface area contributed by atoms with Gasteiger partial charge in [-0.05, 0) is 32.3 Å². The zero-order chi connectivity index (χ0) is 28.6. The smallest absolute Gasteiger partial charge is 0.394 e. The van der Waals surface area contributed by atoms with Gasteiger partial charge in [0, 0.05) is 29.9 Å². The van der Waals surface area contributed by atoms with E-state index in [1.54, 1.807) is 6.92 Å². The van der Waals surface area contributed by atoms with Crippen LogP contribution < -0.4 is 10.6 Å². The number of thiazole rings is 1. The highest BCUT2D eigenvalue weighted by atomic mass is 32.1. The highest BCUT2D eigenvalue weighted by Gasteiger charge is 2.33. The second-order valence-corrected chi connectivity index (χ2v) is 9.37. The van der Waals surface area contributed by atoms with Crippen molar-refractivity contribution in [3.05, 3.63) is 28.5 Å². The lowest BCUT2D eigenvalue weighted by Gasteiger charge is -2.21. The molecular formula is C24H32F5N5O3S. The molecule has 0 radical (unpaired) electrons. The van der Waals surface area contributed by atoms with E-state index in [4.69, 9.17) is 0 Å². The Morgan fingerprint density at radius 2 is 1.97 bits per heavy atom. The predicted octanol–water partition coefficient (Wildman–Crippen LogP) is 5.27. The Kier molecular flexibility index (Phi) is 11.4. The van der Waals surface area contributed by atoms with Gasteiger partial charge in [0.05, 0.1) is 17.5 Å². The molecule has 2 unspecified atom stereocenters. The molecule has 212 valence electrons. The first-order valence-electron chi connectivity index (χ1n) is 12.3. The van der Waals surface area contributed by atoms with Crippen molar-refractivity contribution >= 4 is 29.0 Å². The van der Waals surface area contributed by atoms with Gasteiger partial charge >= 0.3 is 6.18 Å². The minimum Gasteiger partial charge on any atom is -0.394 e. The summed E-state index contributed by atoms with van der Waals surface area (Å²) >= 11 is 0.701. The number of anilines is 1. The summed E-state index contributed by atoms with van der Waals surface area (Å²) in [5.74, 6) is -1.65. The lowest BCUT2D eigenvalue weighted by atomic mass is 10.1. The maximum absolute atomic E-state index is 14.0. The van der Waals surface area contributed by atoms with E-state index < -0.39 is 48.4 Å². The van der Waals surface area contributed by atoms with Crippen LogP contribution in [-0.2, 0) is 0 Å². The van der Waals surface area contributed by atoms with Gasteiger partial charge in [-0.25, -0.2) is 18.7 Å². The third-order valence-electron chi connectivity index (χ3n) is 5.77. The Hall–Kier alpha value is -2.87. The SMILES string of the molecule is CC.CCC(CO)NC(=O)c1nc(C(=O)N2CCCC2C)c(-c2cnc(NCC(F)(F)F)cc2C(F)F)s1. The molecule has 1 saturated heterocycles. The van der Waals surface area contributed by atoms with Gasteiger partial charge < -0.3 is 20.6 Å². The summed E-state index contributed by atoms with van der Waals surface area (Å²) in [7, 11) is 0. The average molecular weight is 566 g/mol. The van der Waals surface area contributed by atoms with E-state index >= 15 is 0 Å². The maximum Gasteiger partial charge on any atom is 0.405 e. The van der Waals surface area contributed by atoms with Crippen molar-refractivity contribution in [2.45, 2.75) is 71.6 Å². The molecule has 0 spiro atoms. The number of hydrogen-bond acceptors (Lipinski definition) is 7. The van der Waals surface area contributed by atoms with Gasteiger partial charge in [-0.1, -0.05) is 20.8 Å². The molecule has 2 aromatic rings. The van der Waals surface area contributed by atoms with Crippen LogP contribution in [0.25, 0.3) is 10.4 Å². The van der Waals surface area contributed by atoms with Crippen molar-refractivity contribution < 1.29 is 36.6 Å². The van der Waals surface area contributed by atoms with Gasteiger partial charge in [0.25, 0.3) is 18.2 Å². The molecule has 2 atom stereocenters. The number of pyridine rings is 1. The molecule has 2 aromatic heterocycles. The van der Waals surface area contributed by atoms with Gasteiger partial charge in [-0.15, -0.1) is 11.3 Å². The maximum atomic E-state index is 14.0. The Morgan fingerprint density at radius 3 is 2.50 bits per heavy atom. The molecule has 3 heterocycles. The fourth-order valence-corrected chi connectivity index (χ4v) is 4.76. The number of carbonyl (C=O) groups excluding carboxylic acids is 2. The number of alkyl halides is 5. The Morgan fingerprint density at radius 1 is 1.29 bits per heavy atom. The summed E-state index contributed by atoms with van der Waals surface area (Å²) in [6, 6.07) is 0.0984. The summed E-state index contributed by atoms with van der Waals surface area (Å²) < 4.78 is 65.6. The molecule has 2 amide bonds. The molecule has 3 rings (SSSR count). The Balaban J connectivity index is 0.00000247. The van der Waals surface area contributed by atoms with E-state index in [0.717, 1.165) is 25.1 Å². The van der Waals surface area contributed by atoms with Crippen molar-refractivity contribution in [3.63, 3.8) is 0 Å². The molecule has 0 aliphatic carbocycles. The summed E-state index contributed by atoms with van der Waals surface area (Å²) in [5.41, 5.74) is -1.07. The van der Waals surface area contributed by atoms with Crippen LogP contribution in [0.2, 0.25) is 0 Å². The second kappa shape index (κ2) is 13.8. The second-order valence-electron chi connectivity index (χ2n) is 8.37. The standard InChI is InChI=1S/C22H26F5N5O3S.C2H6/c1-3-12(9-33)30-19(34)20-31-16(21(35)32-6-4-5-11(32)2)17(36-20)14-8-28-15(7-13(14)18(23)24)29-10-22(25,26)27;1-2/h7-8,11-12,18,33H,3-6,9-10H2,1-2H3,(H,28,29)(H,30,34);1-2H3. The minimum absolute atomic E-state index is 0.0357. The zero-order valence-corrected chi connectivity index (χ0v) is 22.3. The number of halogens is 5. The highest BCUT2D eigenvalue weighted by molar-refractivity contribution is 7.17. The number of carbonyl (C=O) groups is 2. The molecule has 1 aliphatic rings. The van der Waals surface area contributed by atoms with Crippen LogP contribution in [-0.4, -0.2) is 69.7 Å². The molecule has 8 nitrogen and oxygen atoms in total. The third kappa shape index (κ3) is 7.82. The predicted molar refractivity (Wildman–Crippen MR) is 135 cm³/mol. The number of hydrogen-bond donors (Lipinski definition) is 3. The summed E-state index contributed by atoms with van der Waals surface area (Å²) in [6.45, 7) is 6.22. The molecule has 0 saturated carbocycles. The molecule has 38 heavy (non-hydrogen) atoms. The van der Waals surface area contributed by atoms with E-state index in [1.807, 2.05) is 26.1 Å². The van der Waals surface area contributed by atoms with Gasteiger partial charge in [-0.2, -0.15) is 13.2 Å². The van der Waals surface area contributed by atoms with Gasteiger partial charge in [0.15, 0.2) is 5.01 Å². The monoisotopic (exact) mass is 565 g/mol. The number of aliphatic hydroxyl groups excluding tert-OH is 1. The number of aliphatic hydroxyl groups is 1. The highest BCUT2D eigenvalue weighted by Crippen LogP contribution is 2.39. The first-order chi connectivity index (χ1) is 17.9. The minimum atomic E-state index is -4.58. The number of likely N-dealkylation sites (tertiary alicyclic amines) is 1. The lowest BCUT2D eigenvalue weighted by Crippen LogP contribution is -2.37. The molecule has 14 heteroatoms. The molecule has 1 aliphatic heterocycles. The van der Waals surface area contributed by atoms with Gasteiger partial charge in [0.2, 0.25) is 0 Å². The van der Waals surface area contributed by atoms with E-state index in [0.29, 0.717) is 24.3 Å². The number of aromatic nitrogens is 2. The first kappa shape index (κ1) is 31.3. The quantitative estimate of drug-likeness (QED) is 0.358. The number of amides is 2. The van der Waals surface area contributed by atoms with Crippen LogP contribution in [0.15, 0.2) is 12.3 Å². The van der Waals surface area contributed by atoms with Crippen LogP contribution in [0.5, 0.6) is 0 Å². The van der Waals surface area contributed by atoms with Crippen molar-refractivity contribution in [3.8, 4) is 10.4 Å². The Bertz CT molecular complexity index is 1090. The van der Waals surface area contributed by atoms with Crippen molar-refractivity contribution in [2.75, 3.05) is 25.0 Å². The number of nitrogens with zero attached hydrogens (tertiary/aromatic N) is 3. The molecule has 0 bridgehead atoms. The van der Waals surface area contributed by atoms with Crippen LogP contribution >= 0.6 is 11.3 Å². The average Bonchev–Trinajstić information content (AvgIpc) is 3.53. The molecule has 1 fully saturated rings. The molecule has 0 aromatic carbocycles. The fraction of sp³-hybridized carbons (Fsp3) is 0.583. The molecular weight excluding hydrogens is 533 g/mol. The largest absolute Gasteiger partial charge is 0.405 e. The van der Waals surface area contributed by atoms with Crippen molar-refractivity contribution in [1.82, 2.24) is 20.2 Å². The summed E-state index contributed by atoms with van der Waals surface area (Å²) in [5, 5.41) is 13.7. The van der Waals surface area contributed by atoms with Crippen LogP contribution in [0.1, 0.15) is 79.2 Å². The first-order valence-corrected chi connectivity index (χ1v) is 13.1. The van der Waals surface area contributed by atoms with E-state index in [9.17, 15) is 36.6 Å². The summed E-state index contributed by atoms with van der Waals surface area (Å²) in [4.78, 5) is 35.6. The summed E-state index contributed by atoms with van der Waals surface area (Å²) in [6.07, 6.45) is -4.83. The van der Waals surface area contributed by atoms with E-state index in [-0.39, 0.29) is 33.8 Å². The van der Waals surface area contributed by atoms with Gasteiger partial charge in [-0.3, -0.25) is 9.59 Å². The lowest BCUT2D eigenvalue weighted by molar-refractivity contribution is -0.115. The van der Waals surface area contributed by atoms with Crippen LogP contribution in [0, 0.1) is 0 Å². The topological polar surface area (TPSA) is 107 Å². The fourth-order valence-electron chi connectivity index (χ4n) is 3.77. The normalized spacial score (nSPS) is 16.2. The Labute approximate surface area is 221 Å². The van der Waals surface area contributed by atoms with Gasteiger partial charge in [0.1, 0.15) is 18.1 Å². The van der Waals surface area contributed by atoms with E-state index in [2.05, 4.69) is 15.3 Å². The number of rotatable bonds is 9. The zero-order valence-electron chi connectivity index (χ0n) is 21.5. The van der Waals surface area contributed by atoms with Crippen molar-refractivity contribution in [2.24, 2.45) is 0 Å². The number of nitrogens with one attached hydrogen (secondary N) is 2. The van der Waals surface area contributed by atoms with E-state index in [1.165, 1.54) is 4.90 Å². The third-order valence-corrected chi connectivity index (χ3v) is 6.86. The van der Waals surface area contributed by atoms with Crippen LogP contribution in [0.4, 0.5) is 27.8 Å².